The number of rotatable bonds is 8. The third kappa shape index (κ3) is 5.82. The lowest BCUT2D eigenvalue weighted by atomic mass is 10.0. The van der Waals surface area contributed by atoms with E-state index in [0.717, 1.165) is 25.2 Å². The van der Waals surface area contributed by atoms with Crippen LogP contribution in [0.2, 0.25) is 0 Å². The Labute approximate surface area is 207 Å². The summed E-state index contributed by atoms with van der Waals surface area (Å²) in [5.74, 6) is 0.582. The Morgan fingerprint density at radius 2 is 1.91 bits per heavy atom. The Kier molecular flexibility index (Phi) is 7.42. The molecule has 1 N–H and O–H groups in total. The van der Waals surface area contributed by atoms with Crippen molar-refractivity contribution in [3.05, 3.63) is 35.4 Å². The zero-order valence-electron chi connectivity index (χ0n) is 20.7. The van der Waals surface area contributed by atoms with Gasteiger partial charge in [-0.2, -0.15) is 0 Å². The first-order chi connectivity index (χ1) is 16.6. The Balaban J connectivity index is 1.73. The SMILES string of the molecule is CC(C)Nc1nc(-c2ccc(OCCN3CCCC3)c(S(C)(=O)=O)c2)c2cc1C(=O)N(C)C=NC2. The molecule has 0 unspecified atom stereocenters. The molecule has 2 bridgehead atoms. The molecule has 0 radical (unpaired) electrons. The molecule has 0 saturated carbocycles. The number of benzene rings is 1. The normalized spacial score (nSPS) is 16.5. The monoisotopic (exact) mass is 499 g/mol. The van der Waals surface area contributed by atoms with Crippen molar-refractivity contribution < 1.29 is 17.9 Å². The number of nitrogens with one attached hydrogen (secondary N) is 1. The molecule has 0 atom stereocenters. The molecule has 2 aliphatic heterocycles. The van der Waals surface area contributed by atoms with Crippen molar-refractivity contribution >= 4 is 27.9 Å². The van der Waals surface area contributed by atoms with Gasteiger partial charge in [-0.3, -0.25) is 14.7 Å². The number of amides is 1. The predicted molar refractivity (Wildman–Crippen MR) is 137 cm³/mol. The standard InChI is InChI=1S/C25H33N5O4S/c1-17(2)27-24-20-13-19(15-26-16-29(3)25(20)31)23(28-24)18-7-8-21(22(14-18)35(4,32)33)34-12-11-30-9-5-6-10-30/h7-8,13-14,16-17H,5-6,9-12,15H2,1-4H3,(H,27,28). The maximum absolute atomic E-state index is 12.9. The molecule has 4 rings (SSSR count). The predicted octanol–water partition coefficient (Wildman–Crippen LogP) is 3.06. The van der Waals surface area contributed by atoms with E-state index >= 15 is 0 Å². The second kappa shape index (κ2) is 10.3. The summed E-state index contributed by atoms with van der Waals surface area (Å²) in [5, 5.41) is 3.25. The first-order valence-corrected chi connectivity index (χ1v) is 13.8. The van der Waals surface area contributed by atoms with Crippen molar-refractivity contribution in [2.45, 2.75) is 44.2 Å². The molecule has 3 heterocycles. The number of sulfone groups is 1. The number of likely N-dealkylation sites (tertiary alicyclic amines) is 1. The van der Waals surface area contributed by atoms with E-state index in [1.807, 2.05) is 19.9 Å². The van der Waals surface area contributed by atoms with Gasteiger partial charge in [0.1, 0.15) is 23.1 Å². The largest absolute Gasteiger partial charge is 0.491 e. The molecule has 0 aliphatic carbocycles. The molecule has 2 aliphatic rings. The molecule has 1 amide bonds. The van der Waals surface area contributed by atoms with E-state index in [4.69, 9.17) is 9.72 Å². The van der Waals surface area contributed by atoms with Crippen LogP contribution in [0.15, 0.2) is 34.2 Å². The summed E-state index contributed by atoms with van der Waals surface area (Å²) < 4.78 is 31.3. The fourth-order valence-corrected chi connectivity index (χ4v) is 5.16. The van der Waals surface area contributed by atoms with Crippen LogP contribution in [0.25, 0.3) is 11.3 Å². The van der Waals surface area contributed by atoms with Gasteiger partial charge in [0.05, 0.1) is 24.1 Å². The third-order valence-electron chi connectivity index (χ3n) is 6.07. The number of aromatic nitrogens is 1. The van der Waals surface area contributed by atoms with Gasteiger partial charge in [0, 0.05) is 37.0 Å². The van der Waals surface area contributed by atoms with Crippen LogP contribution in [-0.4, -0.2) is 81.0 Å². The van der Waals surface area contributed by atoms with Crippen molar-refractivity contribution in [1.29, 1.82) is 0 Å². The van der Waals surface area contributed by atoms with Gasteiger partial charge >= 0.3 is 0 Å². The van der Waals surface area contributed by atoms with Crippen LogP contribution in [0.3, 0.4) is 0 Å². The molecule has 35 heavy (non-hydrogen) atoms. The lowest BCUT2D eigenvalue weighted by molar-refractivity contribution is 0.0875. The highest BCUT2D eigenvalue weighted by molar-refractivity contribution is 7.90. The molecule has 2 aromatic rings. The number of pyridine rings is 1. The topological polar surface area (TPSA) is 104 Å². The summed E-state index contributed by atoms with van der Waals surface area (Å²) in [6, 6.07) is 6.96. The van der Waals surface area contributed by atoms with Gasteiger partial charge in [-0.15, -0.1) is 0 Å². The minimum atomic E-state index is -3.56. The minimum absolute atomic E-state index is 0.0487. The highest BCUT2D eigenvalue weighted by Gasteiger charge is 2.24. The number of ether oxygens (including phenoxy) is 1. The number of carbonyl (C=O) groups is 1. The van der Waals surface area contributed by atoms with Crippen molar-refractivity contribution in [3.63, 3.8) is 0 Å². The Bertz CT molecular complexity index is 1240. The Morgan fingerprint density at radius 1 is 1.17 bits per heavy atom. The van der Waals surface area contributed by atoms with Gasteiger partial charge < -0.3 is 15.0 Å². The van der Waals surface area contributed by atoms with Crippen molar-refractivity contribution in [2.24, 2.45) is 4.99 Å². The number of anilines is 1. The molecule has 10 heteroatoms. The summed E-state index contributed by atoms with van der Waals surface area (Å²) in [4.78, 5) is 25.9. The highest BCUT2D eigenvalue weighted by Crippen LogP contribution is 2.34. The summed E-state index contributed by atoms with van der Waals surface area (Å²) in [6.45, 7) is 7.55. The average Bonchev–Trinajstić information content (AvgIpc) is 3.31. The summed E-state index contributed by atoms with van der Waals surface area (Å²) in [7, 11) is -1.90. The van der Waals surface area contributed by atoms with Crippen molar-refractivity contribution in [1.82, 2.24) is 14.8 Å². The van der Waals surface area contributed by atoms with Crippen LogP contribution < -0.4 is 10.1 Å². The second-order valence-corrected chi connectivity index (χ2v) is 11.4. The fourth-order valence-electron chi connectivity index (χ4n) is 4.33. The molecule has 1 fully saturated rings. The lowest BCUT2D eigenvalue weighted by Gasteiger charge is -2.22. The molecular formula is C25H33N5O4S. The number of hydrogen-bond donors (Lipinski definition) is 1. The molecule has 1 aromatic heterocycles. The molecule has 9 nitrogen and oxygen atoms in total. The van der Waals surface area contributed by atoms with Crippen molar-refractivity contribution in [3.8, 4) is 17.0 Å². The summed E-state index contributed by atoms with van der Waals surface area (Å²) in [5.41, 5.74) is 2.41. The Morgan fingerprint density at radius 3 is 2.60 bits per heavy atom. The van der Waals surface area contributed by atoms with Crippen LogP contribution in [0.1, 0.15) is 42.6 Å². The smallest absolute Gasteiger partial charge is 0.262 e. The number of aliphatic imine (C=N–C) groups is 1. The zero-order chi connectivity index (χ0) is 25.2. The van der Waals surface area contributed by atoms with E-state index in [-0.39, 0.29) is 16.8 Å². The molecular weight excluding hydrogens is 466 g/mol. The molecule has 0 spiro atoms. The van der Waals surface area contributed by atoms with E-state index in [1.165, 1.54) is 30.3 Å². The number of nitrogens with zero attached hydrogens (tertiary/aromatic N) is 4. The number of fused-ring (bicyclic) bond motifs is 2. The molecule has 1 saturated heterocycles. The van der Waals surface area contributed by atoms with E-state index in [0.29, 0.717) is 41.5 Å². The second-order valence-electron chi connectivity index (χ2n) is 9.39. The van der Waals surface area contributed by atoms with Gasteiger partial charge in [0.15, 0.2) is 9.84 Å². The third-order valence-corrected chi connectivity index (χ3v) is 7.19. The fraction of sp³-hybridized carbons (Fsp3) is 0.480. The molecule has 1 aromatic carbocycles. The molecule has 188 valence electrons. The summed E-state index contributed by atoms with van der Waals surface area (Å²) >= 11 is 0. The van der Waals surface area contributed by atoms with Crippen LogP contribution in [-0.2, 0) is 16.4 Å². The van der Waals surface area contributed by atoms with Gasteiger partial charge in [0.2, 0.25) is 0 Å². The maximum atomic E-state index is 12.9. The number of hydrogen-bond acceptors (Lipinski definition) is 8. The summed E-state index contributed by atoms with van der Waals surface area (Å²) in [6.07, 6.45) is 5.07. The maximum Gasteiger partial charge on any atom is 0.262 e. The van der Waals surface area contributed by atoms with Gasteiger partial charge in [0.25, 0.3) is 5.91 Å². The number of carbonyl (C=O) groups excluding carboxylic acids is 1. The van der Waals surface area contributed by atoms with Crippen LogP contribution >= 0.6 is 0 Å². The first-order valence-electron chi connectivity index (χ1n) is 11.9. The zero-order valence-corrected chi connectivity index (χ0v) is 21.6. The van der Waals surface area contributed by atoms with Crippen LogP contribution in [0.5, 0.6) is 5.75 Å². The van der Waals surface area contributed by atoms with Gasteiger partial charge in [-0.05, 0) is 64.0 Å². The highest BCUT2D eigenvalue weighted by atomic mass is 32.2. The van der Waals surface area contributed by atoms with Crippen LogP contribution in [0, 0.1) is 0 Å². The van der Waals surface area contributed by atoms with Crippen molar-refractivity contribution in [2.75, 3.05) is 44.9 Å². The quantitative estimate of drug-likeness (QED) is 0.595. The van der Waals surface area contributed by atoms with E-state index in [1.54, 1.807) is 25.2 Å². The van der Waals surface area contributed by atoms with E-state index in [9.17, 15) is 13.2 Å². The van der Waals surface area contributed by atoms with Gasteiger partial charge in [-0.1, -0.05) is 0 Å². The van der Waals surface area contributed by atoms with E-state index in [2.05, 4.69) is 15.2 Å². The first kappa shape index (κ1) is 25.1. The van der Waals surface area contributed by atoms with E-state index < -0.39 is 9.84 Å². The minimum Gasteiger partial charge on any atom is -0.491 e. The van der Waals surface area contributed by atoms with Crippen LogP contribution in [0.4, 0.5) is 5.82 Å². The van der Waals surface area contributed by atoms with Gasteiger partial charge in [-0.25, -0.2) is 13.4 Å². The average molecular weight is 500 g/mol. The Hall–Kier alpha value is -2.98. The lowest BCUT2D eigenvalue weighted by Crippen LogP contribution is -2.28.